The molecule has 3 rings (SSSR count). The van der Waals surface area contributed by atoms with Crippen LogP contribution in [-0.4, -0.2) is 52.3 Å². The molecule has 2 aliphatic rings. The van der Waals surface area contributed by atoms with Crippen molar-refractivity contribution in [3.8, 4) is 0 Å². The van der Waals surface area contributed by atoms with Gasteiger partial charge in [-0.25, -0.2) is 4.98 Å². The molecule has 24 heavy (non-hydrogen) atoms. The van der Waals surface area contributed by atoms with Crippen molar-refractivity contribution < 1.29 is 9.90 Å². The lowest BCUT2D eigenvalue weighted by molar-refractivity contribution is -0.125. The summed E-state index contributed by atoms with van der Waals surface area (Å²) in [6.07, 6.45) is 7.41. The number of aliphatic hydroxyl groups excluding tert-OH is 1. The summed E-state index contributed by atoms with van der Waals surface area (Å²) in [7, 11) is 0. The molecule has 2 fully saturated rings. The molecule has 1 saturated carbocycles. The number of nitrogens with two attached hydrogens (primary N) is 1. The standard InChI is InChI=1S/C15H23N5O2.2ClH/c16-12-7-10(8-13(12)21)15(22)19-11-1-5-20(6-2-11)14-9-17-3-4-18-14;;/h3-4,9-13,21H,1-2,5-8,16H2,(H,19,22);2*1H/t10-,12+,13+;;/m0../s1. The van der Waals surface area contributed by atoms with E-state index in [1.54, 1.807) is 18.6 Å². The number of halogens is 2. The molecule has 0 spiro atoms. The van der Waals surface area contributed by atoms with Crippen LogP contribution >= 0.6 is 24.8 Å². The minimum absolute atomic E-state index is 0. The van der Waals surface area contributed by atoms with Gasteiger partial charge in [-0.05, 0) is 25.7 Å². The fourth-order valence-corrected chi connectivity index (χ4v) is 3.29. The first-order valence-corrected chi connectivity index (χ1v) is 7.88. The topological polar surface area (TPSA) is 104 Å². The zero-order valence-corrected chi connectivity index (χ0v) is 15.0. The molecule has 0 radical (unpaired) electrons. The van der Waals surface area contributed by atoms with Crippen LogP contribution in [0.1, 0.15) is 25.7 Å². The maximum absolute atomic E-state index is 12.2. The number of hydrogen-bond donors (Lipinski definition) is 3. The van der Waals surface area contributed by atoms with Gasteiger partial charge in [0.1, 0.15) is 5.82 Å². The second-order valence-electron chi connectivity index (χ2n) is 6.23. The quantitative estimate of drug-likeness (QED) is 0.708. The highest BCUT2D eigenvalue weighted by atomic mass is 35.5. The summed E-state index contributed by atoms with van der Waals surface area (Å²) in [5.41, 5.74) is 5.77. The summed E-state index contributed by atoms with van der Waals surface area (Å²) in [6.45, 7) is 1.72. The van der Waals surface area contributed by atoms with Gasteiger partial charge >= 0.3 is 0 Å². The van der Waals surface area contributed by atoms with Crippen LogP contribution in [0.15, 0.2) is 18.6 Å². The van der Waals surface area contributed by atoms with Crippen LogP contribution in [0.3, 0.4) is 0 Å². The van der Waals surface area contributed by atoms with Crippen LogP contribution in [0.2, 0.25) is 0 Å². The van der Waals surface area contributed by atoms with Gasteiger partial charge in [0, 0.05) is 43.5 Å². The number of aliphatic hydroxyl groups is 1. The largest absolute Gasteiger partial charge is 0.391 e. The second kappa shape index (κ2) is 9.36. The normalized spacial score (nSPS) is 27.1. The molecule has 1 aliphatic heterocycles. The Kier molecular flexibility index (Phi) is 8.15. The van der Waals surface area contributed by atoms with Crippen LogP contribution in [0, 0.1) is 5.92 Å². The lowest BCUT2D eigenvalue weighted by Crippen LogP contribution is -2.46. The van der Waals surface area contributed by atoms with Gasteiger partial charge in [-0.15, -0.1) is 24.8 Å². The molecule has 0 bridgehead atoms. The van der Waals surface area contributed by atoms with Gasteiger partial charge in [-0.3, -0.25) is 9.78 Å². The number of amides is 1. The summed E-state index contributed by atoms with van der Waals surface area (Å²) >= 11 is 0. The zero-order chi connectivity index (χ0) is 15.5. The number of nitrogens with zero attached hydrogens (tertiary/aromatic N) is 3. The molecule has 4 N–H and O–H groups in total. The Morgan fingerprint density at radius 3 is 2.50 bits per heavy atom. The smallest absolute Gasteiger partial charge is 0.223 e. The molecule has 0 aromatic carbocycles. The molecule has 1 aromatic rings. The number of aromatic nitrogens is 2. The number of carbonyl (C=O) groups excluding carboxylic acids is 1. The highest BCUT2D eigenvalue weighted by molar-refractivity contribution is 5.85. The summed E-state index contributed by atoms with van der Waals surface area (Å²) in [4.78, 5) is 22.8. The number of anilines is 1. The molecule has 1 aromatic heterocycles. The maximum atomic E-state index is 12.2. The monoisotopic (exact) mass is 377 g/mol. The van der Waals surface area contributed by atoms with E-state index in [1.165, 1.54) is 0 Å². The first kappa shape index (κ1) is 20.9. The van der Waals surface area contributed by atoms with Crippen LogP contribution in [0.4, 0.5) is 5.82 Å². The van der Waals surface area contributed by atoms with Crippen molar-refractivity contribution in [1.82, 2.24) is 15.3 Å². The van der Waals surface area contributed by atoms with Gasteiger partial charge in [0.25, 0.3) is 0 Å². The van der Waals surface area contributed by atoms with Crippen molar-refractivity contribution >= 4 is 36.5 Å². The summed E-state index contributed by atoms with van der Waals surface area (Å²) in [6, 6.07) is -0.0800. The molecule has 3 atom stereocenters. The highest BCUT2D eigenvalue weighted by Gasteiger charge is 2.35. The Hall–Kier alpha value is -1.15. The maximum Gasteiger partial charge on any atom is 0.223 e. The fourth-order valence-electron chi connectivity index (χ4n) is 3.29. The lowest BCUT2D eigenvalue weighted by Gasteiger charge is -2.33. The van der Waals surface area contributed by atoms with E-state index in [2.05, 4.69) is 20.2 Å². The van der Waals surface area contributed by atoms with Crippen molar-refractivity contribution in [2.75, 3.05) is 18.0 Å². The van der Waals surface area contributed by atoms with Gasteiger partial charge in [0.05, 0.1) is 12.3 Å². The van der Waals surface area contributed by atoms with Crippen molar-refractivity contribution in [1.29, 1.82) is 0 Å². The third kappa shape index (κ3) is 4.92. The van der Waals surface area contributed by atoms with Crippen molar-refractivity contribution in [2.24, 2.45) is 11.7 Å². The van der Waals surface area contributed by atoms with Crippen LogP contribution in [-0.2, 0) is 4.79 Å². The Morgan fingerprint density at radius 2 is 1.96 bits per heavy atom. The fraction of sp³-hybridized carbons (Fsp3) is 0.667. The molecule has 0 unspecified atom stereocenters. The average molecular weight is 378 g/mol. The van der Waals surface area contributed by atoms with Crippen LogP contribution < -0.4 is 16.0 Å². The minimum Gasteiger partial charge on any atom is -0.391 e. The van der Waals surface area contributed by atoms with Crippen molar-refractivity contribution in [3.63, 3.8) is 0 Å². The van der Waals surface area contributed by atoms with Gasteiger partial charge < -0.3 is 21.1 Å². The number of piperidine rings is 1. The highest BCUT2D eigenvalue weighted by Crippen LogP contribution is 2.25. The average Bonchev–Trinajstić information content (AvgIpc) is 2.88. The number of carbonyl (C=O) groups is 1. The molecule has 7 nitrogen and oxygen atoms in total. The first-order chi connectivity index (χ1) is 10.6. The molecular formula is C15H25Cl2N5O2. The Morgan fingerprint density at radius 1 is 1.25 bits per heavy atom. The molecule has 136 valence electrons. The van der Waals surface area contributed by atoms with Gasteiger partial charge in [0.15, 0.2) is 0 Å². The SMILES string of the molecule is Cl.Cl.N[C@@H]1C[C@H](C(=O)NC2CCN(c3cnccn3)CC2)C[C@H]1O. The van der Waals surface area contributed by atoms with E-state index in [1.807, 2.05) is 0 Å². The third-order valence-electron chi connectivity index (χ3n) is 4.66. The van der Waals surface area contributed by atoms with E-state index in [4.69, 9.17) is 5.73 Å². The first-order valence-electron chi connectivity index (χ1n) is 7.88. The molecule has 1 saturated heterocycles. The third-order valence-corrected chi connectivity index (χ3v) is 4.66. The molecular weight excluding hydrogens is 353 g/mol. The molecule has 1 amide bonds. The van der Waals surface area contributed by atoms with E-state index in [0.717, 1.165) is 31.7 Å². The summed E-state index contributed by atoms with van der Waals surface area (Å²) in [5, 5.41) is 12.8. The van der Waals surface area contributed by atoms with E-state index in [0.29, 0.717) is 12.8 Å². The van der Waals surface area contributed by atoms with E-state index in [9.17, 15) is 9.90 Å². The number of nitrogens with one attached hydrogen (secondary N) is 1. The number of rotatable bonds is 3. The summed E-state index contributed by atoms with van der Waals surface area (Å²) < 4.78 is 0. The molecule has 9 heteroatoms. The number of hydrogen-bond acceptors (Lipinski definition) is 6. The van der Waals surface area contributed by atoms with E-state index < -0.39 is 6.10 Å². The van der Waals surface area contributed by atoms with E-state index in [-0.39, 0.29) is 48.7 Å². The predicted octanol–water partition coefficient (Wildman–Crippen LogP) is 0.503. The Labute approximate surface area is 154 Å². The van der Waals surface area contributed by atoms with Gasteiger partial charge in [0.2, 0.25) is 5.91 Å². The van der Waals surface area contributed by atoms with Crippen molar-refractivity contribution in [3.05, 3.63) is 18.6 Å². The van der Waals surface area contributed by atoms with Crippen molar-refractivity contribution in [2.45, 2.75) is 43.9 Å². The minimum atomic E-state index is -0.547. The molecule has 1 aliphatic carbocycles. The van der Waals surface area contributed by atoms with Crippen LogP contribution in [0.25, 0.3) is 0 Å². The second-order valence-corrected chi connectivity index (χ2v) is 6.23. The Bertz CT molecular complexity index is 504. The lowest BCUT2D eigenvalue weighted by atomic mass is 10.0. The van der Waals surface area contributed by atoms with Gasteiger partial charge in [-0.2, -0.15) is 0 Å². The van der Waals surface area contributed by atoms with Gasteiger partial charge in [-0.1, -0.05) is 0 Å². The van der Waals surface area contributed by atoms with E-state index >= 15 is 0 Å². The Balaban J connectivity index is 0.00000144. The predicted molar refractivity (Wildman–Crippen MR) is 96.6 cm³/mol. The summed E-state index contributed by atoms with van der Waals surface area (Å²) in [5.74, 6) is 0.769. The van der Waals surface area contributed by atoms with Crippen LogP contribution in [0.5, 0.6) is 0 Å². The zero-order valence-electron chi connectivity index (χ0n) is 13.4. The molecule has 2 heterocycles.